The van der Waals surface area contributed by atoms with Gasteiger partial charge in [-0.3, -0.25) is 14.4 Å². The summed E-state index contributed by atoms with van der Waals surface area (Å²) < 4.78 is 0. The molecule has 1 heterocycles. The molecule has 0 saturated carbocycles. The molecule has 1 unspecified atom stereocenters. The number of ketones is 1. The molecule has 130 valence electrons. The smallest absolute Gasteiger partial charge is 0.224 e. The standard InChI is InChI=1S/C18H24N2O3S/c1-13(21)16-12-24-11-15(18(23)20-16)8-5-9-17(22)19-10-14-6-3-2-4-7-14/h2-4,6-7,15-16H,5,8-12H2,1H3,(H,19,22)(H,20,23)/t15?,16-/m0/s1. The number of benzene rings is 1. The molecule has 1 fully saturated rings. The van der Waals surface area contributed by atoms with Crippen molar-refractivity contribution in [2.24, 2.45) is 5.92 Å². The summed E-state index contributed by atoms with van der Waals surface area (Å²) in [6.45, 7) is 2.03. The van der Waals surface area contributed by atoms with Crippen molar-refractivity contribution in [2.75, 3.05) is 11.5 Å². The largest absolute Gasteiger partial charge is 0.352 e. The van der Waals surface area contributed by atoms with Crippen molar-refractivity contribution in [1.82, 2.24) is 10.6 Å². The zero-order chi connectivity index (χ0) is 17.4. The van der Waals surface area contributed by atoms with Crippen LogP contribution in [0.4, 0.5) is 0 Å². The van der Waals surface area contributed by atoms with Crippen LogP contribution in [0, 0.1) is 5.92 Å². The number of Topliss-reactive ketones (excluding diaryl/α,β-unsaturated/α-hetero) is 1. The Labute approximate surface area is 147 Å². The Morgan fingerprint density at radius 3 is 2.71 bits per heavy atom. The van der Waals surface area contributed by atoms with Crippen LogP contribution in [0.3, 0.4) is 0 Å². The molecule has 0 aliphatic carbocycles. The van der Waals surface area contributed by atoms with Gasteiger partial charge in [0.25, 0.3) is 0 Å². The van der Waals surface area contributed by atoms with E-state index in [2.05, 4.69) is 10.6 Å². The van der Waals surface area contributed by atoms with Crippen LogP contribution in [0.2, 0.25) is 0 Å². The van der Waals surface area contributed by atoms with Crippen LogP contribution in [0.25, 0.3) is 0 Å². The summed E-state index contributed by atoms with van der Waals surface area (Å²) in [5, 5.41) is 5.70. The Hall–Kier alpha value is -1.82. The molecule has 5 nitrogen and oxygen atoms in total. The number of carbonyl (C=O) groups is 3. The zero-order valence-corrected chi connectivity index (χ0v) is 14.7. The van der Waals surface area contributed by atoms with Gasteiger partial charge in [-0.15, -0.1) is 0 Å². The molecule has 2 rings (SSSR count). The minimum Gasteiger partial charge on any atom is -0.352 e. The molecule has 1 saturated heterocycles. The fraction of sp³-hybridized carbons (Fsp3) is 0.500. The first kappa shape index (κ1) is 18.5. The van der Waals surface area contributed by atoms with E-state index in [1.807, 2.05) is 30.3 Å². The van der Waals surface area contributed by atoms with Gasteiger partial charge >= 0.3 is 0 Å². The van der Waals surface area contributed by atoms with Gasteiger partial charge in [-0.25, -0.2) is 0 Å². The van der Waals surface area contributed by atoms with Crippen LogP contribution in [0.5, 0.6) is 0 Å². The number of hydrogen-bond acceptors (Lipinski definition) is 4. The Kier molecular flexibility index (Phi) is 7.31. The maximum atomic E-state index is 12.1. The van der Waals surface area contributed by atoms with Crippen LogP contribution >= 0.6 is 11.8 Å². The molecular formula is C18H24N2O3S. The van der Waals surface area contributed by atoms with Crippen molar-refractivity contribution < 1.29 is 14.4 Å². The highest BCUT2D eigenvalue weighted by molar-refractivity contribution is 7.99. The molecule has 2 N–H and O–H groups in total. The van der Waals surface area contributed by atoms with E-state index in [-0.39, 0.29) is 29.6 Å². The first-order chi connectivity index (χ1) is 11.6. The summed E-state index contributed by atoms with van der Waals surface area (Å²) in [5.74, 6) is 1.15. The van der Waals surface area contributed by atoms with E-state index >= 15 is 0 Å². The monoisotopic (exact) mass is 348 g/mol. The van der Waals surface area contributed by atoms with Crippen molar-refractivity contribution in [3.8, 4) is 0 Å². The number of amides is 2. The third kappa shape index (κ3) is 6.00. The molecule has 1 aromatic rings. The average Bonchev–Trinajstić information content (AvgIpc) is 2.76. The fourth-order valence-electron chi connectivity index (χ4n) is 2.56. The van der Waals surface area contributed by atoms with Crippen LogP contribution in [-0.4, -0.2) is 35.1 Å². The highest BCUT2D eigenvalue weighted by Crippen LogP contribution is 2.20. The summed E-state index contributed by atoms with van der Waals surface area (Å²) in [6, 6.07) is 9.40. The van der Waals surface area contributed by atoms with Gasteiger partial charge in [0.1, 0.15) is 0 Å². The van der Waals surface area contributed by atoms with E-state index in [9.17, 15) is 14.4 Å². The van der Waals surface area contributed by atoms with Crippen molar-refractivity contribution >= 4 is 29.4 Å². The number of nitrogens with one attached hydrogen (secondary N) is 2. The van der Waals surface area contributed by atoms with Crippen LogP contribution < -0.4 is 10.6 Å². The molecule has 0 aromatic heterocycles. The minimum absolute atomic E-state index is 0.00199. The van der Waals surface area contributed by atoms with Gasteiger partial charge in [0.05, 0.1) is 6.04 Å². The predicted molar refractivity (Wildman–Crippen MR) is 95.6 cm³/mol. The van der Waals surface area contributed by atoms with Gasteiger partial charge < -0.3 is 10.6 Å². The highest BCUT2D eigenvalue weighted by atomic mass is 32.2. The first-order valence-electron chi connectivity index (χ1n) is 8.25. The summed E-state index contributed by atoms with van der Waals surface area (Å²) in [6.07, 6.45) is 1.75. The topological polar surface area (TPSA) is 75.3 Å². The lowest BCUT2D eigenvalue weighted by Crippen LogP contribution is -2.42. The van der Waals surface area contributed by atoms with E-state index in [1.165, 1.54) is 6.92 Å². The molecule has 6 heteroatoms. The maximum Gasteiger partial charge on any atom is 0.224 e. The summed E-state index contributed by atoms with van der Waals surface area (Å²) in [5.41, 5.74) is 1.07. The van der Waals surface area contributed by atoms with Crippen molar-refractivity contribution in [3.63, 3.8) is 0 Å². The lowest BCUT2D eigenvalue weighted by Gasteiger charge is -2.14. The third-order valence-corrected chi connectivity index (χ3v) is 5.28. The van der Waals surface area contributed by atoms with Gasteiger partial charge in [0.2, 0.25) is 11.8 Å². The molecule has 1 aliphatic rings. The maximum absolute atomic E-state index is 12.1. The molecule has 24 heavy (non-hydrogen) atoms. The molecule has 2 amide bonds. The Balaban J connectivity index is 1.68. The van der Waals surface area contributed by atoms with Crippen LogP contribution in [0.15, 0.2) is 30.3 Å². The van der Waals surface area contributed by atoms with Gasteiger partial charge in [-0.2, -0.15) is 11.8 Å². The molecule has 1 aliphatic heterocycles. The predicted octanol–water partition coefficient (Wildman–Crippen LogP) is 1.91. The second-order valence-corrected chi connectivity index (χ2v) is 7.14. The highest BCUT2D eigenvalue weighted by Gasteiger charge is 2.27. The van der Waals surface area contributed by atoms with Crippen molar-refractivity contribution in [2.45, 2.75) is 38.8 Å². The summed E-state index contributed by atoms with van der Waals surface area (Å²) in [7, 11) is 0. The molecule has 2 atom stereocenters. The van der Waals surface area contributed by atoms with Crippen LogP contribution in [0.1, 0.15) is 31.7 Å². The van der Waals surface area contributed by atoms with E-state index in [4.69, 9.17) is 0 Å². The Bertz CT molecular complexity index is 577. The van der Waals surface area contributed by atoms with E-state index in [0.717, 1.165) is 5.56 Å². The molecular weight excluding hydrogens is 324 g/mol. The Morgan fingerprint density at radius 2 is 2.00 bits per heavy atom. The number of thioether (sulfide) groups is 1. The lowest BCUT2D eigenvalue weighted by molar-refractivity contribution is -0.128. The van der Waals surface area contributed by atoms with Gasteiger partial charge in [-0.1, -0.05) is 30.3 Å². The molecule has 1 aromatic carbocycles. The van der Waals surface area contributed by atoms with Gasteiger partial charge in [0.15, 0.2) is 5.78 Å². The summed E-state index contributed by atoms with van der Waals surface area (Å²) >= 11 is 1.63. The summed E-state index contributed by atoms with van der Waals surface area (Å²) in [4.78, 5) is 35.4. The third-order valence-electron chi connectivity index (χ3n) is 4.07. The number of rotatable bonds is 7. The second kappa shape index (κ2) is 9.47. The lowest BCUT2D eigenvalue weighted by atomic mass is 10.0. The first-order valence-corrected chi connectivity index (χ1v) is 9.41. The zero-order valence-electron chi connectivity index (χ0n) is 13.9. The Morgan fingerprint density at radius 1 is 1.25 bits per heavy atom. The second-order valence-electron chi connectivity index (χ2n) is 6.06. The fourth-order valence-corrected chi connectivity index (χ4v) is 3.85. The number of carbonyl (C=O) groups excluding carboxylic acids is 3. The average molecular weight is 348 g/mol. The van der Waals surface area contributed by atoms with E-state index < -0.39 is 0 Å². The quantitative estimate of drug-likeness (QED) is 0.789. The normalized spacial score (nSPS) is 20.8. The SMILES string of the molecule is CC(=O)[C@@H]1CSCC(CCCC(=O)NCc2ccccc2)C(=O)N1. The van der Waals surface area contributed by atoms with Crippen molar-refractivity contribution in [1.29, 1.82) is 0 Å². The van der Waals surface area contributed by atoms with Crippen LogP contribution in [-0.2, 0) is 20.9 Å². The van der Waals surface area contributed by atoms with Gasteiger partial charge in [0, 0.05) is 30.4 Å². The van der Waals surface area contributed by atoms with E-state index in [0.29, 0.717) is 37.3 Å². The van der Waals surface area contributed by atoms with E-state index in [1.54, 1.807) is 11.8 Å². The number of hydrogen-bond donors (Lipinski definition) is 2. The van der Waals surface area contributed by atoms with Gasteiger partial charge in [-0.05, 0) is 25.3 Å². The molecule has 0 bridgehead atoms. The molecule has 0 spiro atoms. The molecule has 0 radical (unpaired) electrons. The van der Waals surface area contributed by atoms with Crippen molar-refractivity contribution in [3.05, 3.63) is 35.9 Å². The minimum atomic E-state index is -0.373.